The number of hydrogen-bond acceptors (Lipinski definition) is 1. The molecule has 0 bridgehead atoms. The summed E-state index contributed by atoms with van der Waals surface area (Å²) in [5.74, 6) is 1.31. The maximum atomic E-state index is 6.49. The Labute approximate surface area is 120 Å². The van der Waals surface area contributed by atoms with Gasteiger partial charge in [0.15, 0.2) is 0 Å². The van der Waals surface area contributed by atoms with Crippen LogP contribution in [0, 0.1) is 0 Å². The highest BCUT2D eigenvalue weighted by molar-refractivity contribution is 5.43. The fourth-order valence-electron chi connectivity index (χ4n) is 3.58. The Morgan fingerprint density at radius 1 is 0.950 bits per heavy atom. The Hall–Kier alpha value is -1.60. The van der Waals surface area contributed by atoms with E-state index < -0.39 is 0 Å². The highest BCUT2D eigenvalue weighted by Gasteiger charge is 2.31. The first-order chi connectivity index (χ1) is 9.83. The van der Waals surface area contributed by atoms with Crippen molar-refractivity contribution in [3.05, 3.63) is 70.8 Å². The Morgan fingerprint density at radius 3 is 2.35 bits per heavy atom. The molecule has 4 rings (SSSR count). The van der Waals surface area contributed by atoms with Crippen LogP contribution in [0.4, 0.5) is 0 Å². The summed E-state index contributed by atoms with van der Waals surface area (Å²) in [4.78, 5) is 0. The van der Waals surface area contributed by atoms with Crippen LogP contribution >= 0.6 is 0 Å². The van der Waals surface area contributed by atoms with Gasteiger partial charge in [-0.1, -0.05) is 55.0 Å². The average molecular weight is 263 g/mol. The number of rotatable bonds is 3. The molecule has 2 aliphatic carbocycles. The van der Waals surface area contributed by atoms with Crippen LogP contribution < -0.4 is 5.73 Å². The quantitative estimate of drug-likeness (QED) is 0.878. The molecule has 2 N–H and O–H groups in total. The van der Waals surface area contributed by atoms with Gasteiger partial charge < -0.3 is 5.73 Å². The summed E-state index contributed by atoms with van der Waals surface area (Å²) in [5, 5.41) is 0. The van der Waals surface area contributed by atoms with Gasteiger partial charge in [-0.3, -0.25) is 0 Å². The first-order valence-corrected chi connectivity index (χ1v) is 7.76. The van der Waals surface area contributed by atoms with Crippen LogP contribution in [-0.4, -0.2) is 0 Å². The molecule has 2 aromatic carbocycles. The standard InChI is InChI=1S/C19H21N/c20-19(18-12-16-4-1-2-7-17(16)18)15-10-8-14(9-11-15)13-5-3-6-13/h1-2,4,7-11,13,18-19H,3,5-6,12,20H2. The molecule has 0 radical (unpaired) electrons. The van der Waals surface area contributed by atoms with Crippen LogP contribution in [0.25, 0.3) is 0 Å². The summed E-state index contributed by atoms with van der Waals surface area (Å²) < 4.78 is 0. The first kappa shape index (κ1) is 12.2. The second-order valence-corrected chi connectivity index (χ2v) is 6.33. The lowest BCUT2D eigenvalue weighted by atomic mass is 9.72. The fourth-order valence-corrected chi connectivity index (χ4v) is 3.58. The molecular formula is C19H21N. The van der Waals surface area contributed by atoms with Crippen molar-refractivity contribution in [2.24, 2.45) is 5.73 Å². The van der Waals surface area contributed by atoms with Gasteiger partial charge in [-0.05, 0) is 47.4 Å². The monoisotopic (exact) mass is 263 g/mol. The minimum absolute atomic E-state index is 0.139. The maximum absolute atomic E-state index is 6.49. The molecule has 102 valence electrons. The van der Waals surface area contributed by atoms with Crippen molar-refractivity contribution in [2.75, 3.05) is 0 Å². The van der Waals surface area contributed by atoms with E-state index in [1.165, 1.54) is 41.5 Å². The van der Waals surface area contributed by atoms with E-state index in [1.54, 1.807) is 0 Å². The van der Waals surface area contributed by atoms with Gasteiger partial charge in [0.05, 0.1) is 0 Å². The molecule has 1 saturated carbocycles. The Morgan fingerprint density at radius 2 is 1.70 bits per heavy atom. The molecular weight excluding hydrogens is 242 g/mol. The molecule has 20 heavy (non-hydrogen) atoms. The lowest BCUT2D eigenvalue weighted by Crippen LogP contribution is -2.28. The molecule has 1 nitrogen and oxygen atoms in total. The van der Waals surface area contributed by atoms with Crippen molar-refractivity contribution in [3.8, 4) is 0 Å². The number of nitrogens with two attached hydrogens (primary N) is 1. The van der Waals surface area contributed by atoms with E-state index in [-0.39, 0.29) is 6.04 Å². The average Bonchev–Trinajstić information content (AvgIpc) is 2.39. The third kappa shape index (κ3) is 1.89. The molecule has 2 atom stereocenters. The van der Waals surface area contributed by atoms with Crippen LogP contribution in [0.3, 0.4) is 0 Å². The van der Waals surface area contributed by atoms with Crippen molar-refractivity contribution >= 4 is 0 Å². The lowest BCUT2D eigenvalue weighted by molar-refractivity contribution is 0.419. The van der Waals surface area contributed by atoms with Crippen LogP contribution in [0.2, 0.25) is 0 Å². The molecule has 1 fully saturated rings. The number of hydrogen-bond donors (Lipinski definition) is 1. The van der Waals surface area contributed by atoms with Gasteiger partial charge >= 0.3 is 0 Å². The predicted octanol–water partition coefficient (Wildman–Crippen LogP) is 4.29. The van der Waals surface area contributed by atoms with E-state index in [0.717, 1.165) is 12.3 Å². The van der Waals surface area contributed by atoms with E-state index in [1.807, 2.05) is 0 Å². The van der Waals surface area contributed by atoms with E-state index in [4.69, 9.17) is 5.73 Å². The van der Waals surface area contributed by atoms with Crippen molar-refractivity contribution in [2.45, 2.75) is 43.6 Å². The second kappa shape index (κ2) is 4.75. The van der Waals surface area contributed by atoms with Crippen LogP contribution in [-0.2, 0) is 6.42 Å². The molecule has 2 unspecified atom stereocenters. The SMILES string of the molecule is NC(c1ccc(C2CCC2)cc1)C1Cc2ccccc21. The van der Waals surface area contributed by atoms with E-state index >= 15 is 0 Å². The highest BCUT2D eigenvalue weighted by atomic mass is 14.7. The largest absolute Gasteiger partial charge is 0.323 e. The maximum Gasteiger partial charge on any atom is 0.0367 e. The molecule has 1 heteroatoms. The highest BCUT2D eigenvalue weighted by Crippen LogP contribution is 2.43. The van der Waals surface area contributed by atoms with Gasteiger partial charge in [-0.15, -0.1) is 0 Å². The number of fused-ring (bicyclic) bond motifs is 1. The Balaban J connectivity index is 1.53. The minimum Gasteiger partial charge on any atom is -0.323 e. The van der Waals surface area contributed by atoms with Crippen molar-refractivity contribution in [1.29, 1.82) is 0 Å². The summed E-state index contributed by atoms with van der Waals surface area (Å²) in [6, 6.07) is 17.9. The van der Waals surface area contributed by atoms with Gasteiger partial charge in [0.2, 0.25) is 0 Å². The van der Waals surface area contributed by atoms with Gasteiger partial charge in [0.25, 0.3) is 0 Å². The summed E-state index contributed by atoms with van der Waals surface area (Å²) >= 11 is 0. The van der Waals surface area contributed by atoms with Crippen molar-refractivity contribution in [1.82, 2.24) is 0 Å². The minimum atomic E-state index is 0.139. The molecule has 2 aliphatic rings. The normalized spacial score (nSPS) is 22.6. The lowest BCUT2D eigenvalue weighted by Gasteiger charge is -2.35. The van der Waals surface area contributed by atoms with Gasteiger partial charge in [-0.2, -0.15) is 0 Å². The van der Waals surface area contributed by atoms with Gasteiger partial charge in [0, 0.05) is 12.0 Å². The van der Waals surface area contributed by atoms with Gasteiger partial charge in [-0.25, -0.2) is 0 Å². The topological polar surface area (TPSA) is 26.0 Å². The molecule has 0 spiro atoms. The van der Waals surface area contributed by atoms with Gasteiger partial charge in [0.1, 0.15) is 0 Å². The molecule has 0 saturated heterocycles. The van der Waals surface area contributed by atoms with E-state index in [9.17, 15) is 0 Å². The Kier molecular flexibility index (Phi) is 2.89. The summed E-state index contributed by atoms with van der Waals surface area (Å²) in [7, 11) is 0. The second-order valence-electron chi connectivity index (χ2n) is 6.33. The molecule has 0 amide bonds. The summed E-state index contributed by atoms with van der Waals surface area (Å²) in [5.41, 5.74) is 12.2. The number of benzene rings is 2. The molecule has 0 aliphatic heterocycles. The fraction of sp³-hybridized carbons (Fsp3) is 0.368. The third-order valence-corrected chi connectivity index (χ3v) is 5.23. The van der Waals surface area contributed by atoms with Crippen LogP contribution in [0.5, 0.6) is 0 Å². The zero-order valence-electron chi connectivity index (χ0n) is 11.8. The van der Waals surface area contributed by atoms with Crippen LogP contribution in [0.15, 0.2) is 48.5 Å². The molecule has 0 aromatic heterocycles. The summed E-state index contributed by atoms with van der Waals surface area (Å²) in [6.45, 7) is 0. The van der Waals surface area contributed by atoms with E-state index in [2.05, 4.69) is 48.5 Å². The molecule has 2 aromatic rings. The predicted molar refractivity (Wildman–Crippen MR) is 82.8 cm³/mol. The zero-order valence-corrected chi connectivity index (χ0v) is 11.8. The smallest absolute Gasteiger partial charge is 0.0367 e. The van der Waals surface area contributed by atoms with Crippen LogP contribution in [0.1, 0.15) is 59.4 Å². The van der Waals surface area contributed by atoms with Crippen molar-refractivity contribution in [3.63, 3.8) is 0 Å². The van der Waals surface area contributed by atoms with E-state index in [0.29, 0.717) is 5.92 Å². The summed E-state index contributed by atoms with van der Waals surface area (Å²) in [6.07, 6.45) is 5.25. The Bertz CT molecular complexity index is 610. The first-order valence-electron chi connectivity index (χ1n) is 7.76. The molecule has 0 heterocycles. The zero-order chi connectivity index (χ0) is 13.5. The van der Waals surface area contributed by atoms with Crippen molar-refractivity contribution < 1.29 is 0 Å². The third-order valence-electron chi connectivity index (χ3n) is 5.23.